The number of nitrogens with zero attached hydrogens (tertiary/aromatic N) is 2. The van der Waals surface area contributed by atoms with Crippen LogP contribution < -0.4 is 0 Å². The van der Waals surface area contributed by atoms with Gasteiger partial charge in [0.15, 0.2) is 0 Å². The molecule has 0 unspecified atom stereocenters. The minimum absolute atomic E-state index is 0.0580. The highest BCUT2D eigenvalue weighted by Gasteiger charge is 2.21. The fourth-order valence-corrected chi connectivity index (χ4v) is 4.54. The summed E-state index contributed by atoms with van der Waals surface area (Å²) in [5.41, 5.74) is 3.19. The number of benzene rings is 3. The summed E-state index contributed by atoms with van der Waals surface area (Å²) in [5, 5.41) is 1.41. The second-order valence-corrected chi connectivity index (χ2v) is 9.78. The molecule has 0 spiro atoms. The molecule has 0 aromatic heterocycles. The second kappa shape index (κ2) is 13.8. The predicted molar refractivity (Wildman–Crippen MR) is 144 cm³/mol. The largest absolute Gasteiger partial charge is 0.369 e. The van der Waals surface area contributed by atoms with E-state index in [1.54, 1.807) is 0 Å². The maximum atomic E-state index is 12.5. The van der Waals surface area contributed by atoms with Crippen LogP contribution in [0, 0.1) is 0 Å². The van der Waals surface area contributed by atoms with Crippen LogP contribution in [0.4, 0.5) is 0 Å². The first-order valence-corrected chi connectivity index (χ1v) is 13.1. The van der Waals surface area contributed by atoms with Gasteiger partial charge in [-0.25, -0.2) is 0 Å². The monoisotopic (exact) mass is 526 g/mol. The number of halogens is 2. The average molecular weight is 527 g/mol. The summed E-state index contributed by atoms with van der Waals surface area (Å²) in [6, 6.07) is 25.5. The van der Waals surface area contributed by atoms with Gasteiger partial charge in [-0.2, -0.15) is 0 Å². The molecule has 7 heteroatoms. The summed E-state index contributed by atoms with van der Waals surface area (Å²) in [6.07, 6.45) is 0.733. The van der Waals surface area contributed by atoms with E-state index in [-0.39, 0.29) is 18.6 Å². The maximum Gasteiger partial charge on any atom is 0.248 e. The van der Waals surface area contributed by atoms with Gasteiger partial charge in [-0.1, -0.05) is 77.8 Å². The fourth-order valence-electron chi connectivity index (χ4n) is 4.29. The molecule has 1 fully saturated rings. The molecule has 0 bridgehead atoms. The van der Waals surface area contributed by atoms with Gasteiger partial charge in [0.1, 0.15) is 12.7 Å². The molecule has 0 radical (unpaired) electrons. The molecule has 36 heavy (non-hydrogen) atoms. The standard InChI is InChI=1S/C29H32Cl2N2O3/c30-26-11-7-24(8-12-26)29(25-9-13-27(31)14-10-25)36-20-4-15-32-16-18-33(19-17-32)28(34)22-35-21-23-5-2-1-3-6-23/h1-3,5-14,29H,4,15-22H2. The van der Waals surface area contributed by atoms with E-state index < -0.39 is 0 Å². The highest BCUT2D eigenvalue weighted by molar-refractivity contribution is 6.30. The van der Waals surface area contributed by atoms with Gasteiger partial charge < -0.3 is 14.4 Å². The SMILES string of the molecule is O=C(COCc1ccccc1)N1CCN(CCCOC(c2ccc(Cl)cc2)c2ccc(Cl)cc2)CC1. The normalized spacial score (nSPS) is 14.4. The Bertz CT molecular complexity index is 1020. The van der Waals surface area contributed by atoms with E-state index in [1.165, 1.54) is 0 Å². The Kier molecular flexibility index (Phi) is 10.2. The van der Waals surface area contributed by atoms with Crippen LogP contribution in [0.3, 0.4) is 0 Å². The number of rotatable bonds is 11. The van der Waals surface area contributed by atoms with Crippen molar-refractivity contribution >= 4 is 29.1 Å². The molecule has 0 N–H and O–H groups in total. The van der Waals surface area contributed by atoms with E-state index in [9.17, 15) is 4.79 Å². The Morgan fingerprint density at radius 2 is 1.39 bits per heavy atom. The zero-order valence-corrected chi connectivity index (χ0v) is 21.8. The topological polar surface area (TPSA) is 42.0 Å². The third-order valence-corrected chi connectivity index (χ3v) is 6.81. The predicted octanol–water partition coefficient (Wildman–Crippen LogP) is 5.85. The molecule has 1 aliphatic rings. The number of amides is 1. The van der Waals surface area contributed by atoms with Gasteiger partial charge in [-0.3, -0.25) is 9.69 Å². The minimum Gasteiger partial charge on any atom is -0.369 e. The maximum absolute atomic E-state index is 12.5. The van der Waals surface area contributed by atoms with Gasteiger partial charge in [-0.05, 0) is 47.4 Å². The molecule has 1 aliphatic heterocycles. The van der Waals surface area contributed by atoms with Crippen molar-refractivity contribution in [3.8, 4) is 0 Å². The quantitative estimate of drug-likeness (QED) is 0.294. The number of hydrogen-bond acceptors (Lipinski definition) is 4. The lowest BCUT2D eigenvalue weighted by atomic mass is 10.0. The highest BCUT2D eigenvalue weighted by atomic mass is 35.5. The van der Waals surface area contributed by atoms with Crippen molar-refractivity contribution in [1.29, 1.82) is 0 Å². The van der Waals surface area contributed by atoms with Gasteiger partial charge >= 0.3 is 0 Å². The molecule has 4 rings (SSSR count). The van der Waals surface area contributed by atoms with Crippen molar-refractivity contribution in [2.45, 2.75) is 19.1 Å². The first kappa shape index (κ1) is 26.6. The first-order chi connectivity index (χ1) is 17.6. The Labute approximate surface area is 223 Å². The molecule has 0 saturated carbocycles. The summed E-state index contributed by atoms with van der Waals surface area (Å²) in [6.45, 7) is 5.32. The molecule has 5 nitrogen and oxygen atoms in total. The average Bonchev–Trinajstić information content (AvgIpc) is 2.91. The Balaban J connectivity index is 1.18. The van der Waals surface area contributed by atoms with Crippen LogP contribution in [0.15, 0.2) is 78.9 Å². The molecule has 0 aliphatic carbocycles. The van der Waals surface area contributed by atoms with Crippen molar-refractivity contribution in [3.63, 3.8) is 0 Å². The number of ether oxygens (including phenoxy) is 2. The van der Waals surface area contributed by atoms with Crippen LogP contribution in [0.5, 0.6) is 0 Å². The van der Waals surface area contributed by atoms with Crippen LogP contribution in [0.2, 0.25) is 10.0 Å². The molecular formula is C29H32Cl2N2O3. The van der Waals surface area contributed by atoms with Crippen LogP contribution in [-0.2, 0) is 20.9 Å². The van der Waals surface area contributed by atoms with Gasteiger partial charge in [0.2, 0.25) is 5.91 Å². The number of carbonyl (C=O) groups is 1. The number of carbonyl (C=O) groups excluding carboxylic acids is 1. The third kappa shape index (κ3) is 8.05. The van der Waals surface area contributed by atoms with Crippen molar-refractivity contribution in [3.05, 3.63) is 106 Å². The lowest BCUT2D eigenvalue weighted by molar-refractivity contribution is -0.138. The molecule has 3 aromatic carbocycles. The zero-order valence-electron chi connectivity index (χ0n) is 20.3. The molecule has 1 heterocycles. The molecule has 0 atom stereocenters. The fraction of sp³-hybridized carbons (Fsp3) is 0.345. The summed E-state index contributed by atoms with van der Waals surface area (Å²) in [7, 11) is 0. The van der Waals surface area contributed by atoms with Crippen molar-refractivity contribution < 1.29 is 14.3 Å². The smallest absolute Gasteiger partial charge is 0.248 e. The number of hydrogen-bond donors (Lipinski definition) is 0. The second-order valence-electron chi connectivity index (χ2n) is 8.91. The minimum atomic E-state index is -0.176. The molecule has 1 amide bonds. The summed E-state index contributed by atoms with van der Waals surface area (Å²) >= 11 is 12.2. The van der Waals surface area contributed by atoms with Crippen molar-refractivity contribution in [2.75, 3.05) is 45.9 Å². The van der Waals surface area contributed by atoms with E-state index in [4.69, 9.17) is 32.7 Å². The zero-order chi connectivity index (χ0) is 25.2. The molecular weight excluding hydrogens is 495 g/mol. The van der Waals surface area contributed by atoms with Crippen LogP contribution in [0.1, 0.15) is 29.2 Å². The van der Waals surface area contributed by atoms with Gasteiger partial charge in [0.25, 0.3) is 0 Å². The van der Waals surface area contributed by atoms with Crippen molar-refractivity contribution in [2.24, 2.45) is 0 Å². The van der Waals surface area contributed by atoms with E-state index in [1.807, 2.05) is 83.8 Å². The Hall–Kier alpha value is -2.41. The lowest BCUT2D eigenvalue weighted by Crippen LogP contribution is -2.49. The third-order valence-electron chi connectivity index (χ3n) is 6.31. The molecule has 3 aromatic rings. The van der Waals surface area contributed by atoms with E-state index >= 15 is 0 Å². The molecule has 190 valence electrons. The number of piperazine rings is 1. The Morgan fingerprint density at radius 3 is 1.97 bits per heavy atom. The van der Waals surface area contributed by atoms with Crippen LogP contribution >= 0.6 is 23.2 Å². The summed E-state index contributed by atoms with van der Waals surface area (Å²) in [5.74, 6) is 0.0580. The van der Waals surface area contributed by atoms with Crippen molar-refractivity contribution in [1.82, 2.24) is 9.80 Å². The van der Waals surface area contributed by atoms with Gasteiger partial charge in [0.05, 0.1) is 6.61 Å². The Morgan fingerprint density at radius 1 is 0.806 bits per heavy atom. The van der Waals surface area contributed by atoms with Gasteiger partial charge in [0, 0.05) is 49.4 Å². The van der Waals surface area contributed by atoms with E-state index in [2.05, 4.69) is 4.90 Å². The van der Waals surface area contributed by atoms with E-state index in [0.717, 1.165) is 55.8 Å². The lowest BCUT2D eigenvalue weighted by Gasteiger charge is -2.34. The van der Waals surface area contributed by atoms with Crippen LogP contribution in [0.25, 0.3) is 0 Å². The van der Waals surface area contributed by atoms with E-state index in [0.29, 0.717) is 23.3 Å². The highest BCUT2D eigenvalue weighted by Crippen LogP contribution is 2.28. The summed E-state index contributed by atoms with van der Waals surface area (Å²) < 4.78 is 11.9. The van der Waals surface area contributed by atoms with Gasteiger partial charge in [-0.15, -0.1) is 0 Å². The summed E-state index contributed by atoms with van der Waals surface area (Å²) in [4.78, 5) is 16.8. The molecule has 1 saturated heterocycles. The first-order valence-electron chi connectivity index (χ1n) is 12.3. The van der Waals surface area contributed by atoms with Crippen LogP contribution in [-0.4, -0.2) is 61.6 Å².